The summed E-state index contributed by atoms with van der Waals surface area (Å²) in [5.41, 5.74) is 5.90. The molecule has 4 aromatic rings. The van der Waals surface area contributed by atoms with Gasteiger partial charge in [-0.1, -0.05) is 69.7 Å². The van der Waals surface area contributed by atoms with Gasteiger partial charge in [0.05, 0.1) is 23.5 Å². The van der Waals surface area contributed by atoms with Gasteiger partial charge < -0.3 is 15.0 Å². The topological polar surface area (TPSA) is 97.1 Å². The number of hydrogen-bond acceptors (Lipinski definition) is 4. The lowest BCUT2D eigenvalue weighted by atomic mass is 9.99. The smallest absolute Gasteiger partial charge is 0.336 e. The van der Waals surface area contributed by atoms with E-state index in [9.17, 15) is 14.7 Å². The number of nitrogens with zero attached hydrogens (tertiary/aromatic N) is 3. The van der Waals surface area contributed by atoms with Crippen molar-refractivity contribution >= 4 is 28.7 Å². The summed E-state index contributed by atoms with van der Waals surface area (Å²) in [5, 5.41) is 12.5. The Morgan fingerprint density at radius 1 is 1.06 bits per heavy atom. The highest BCUT2D eigenvalue weighted by Crippen LogP contribution is 2.27. The third-order valence-corrected chi connectivity index (χ3v) is 6.29. The molecule has 0 aliphatic heterocycles. The van der Waals surface area contributed by atoms with Crippen LogP contribution >= 0.6 is 0 Å². The summed E-state index contributed by atoms with van der Waals surface area (Å²) >= 11 is 0. The lowest BCUT2D eigenvalue weighted by Crippen LogP contribution is -2.18. The van der Waals surface area contributed by atoms with Gasteiger partial charge in [-0.2, -0.15) is 0 Å². The zero-order chi connectivity index (χ0) is 25.8. The molecular weight excluding hydrogens is 452 g/mol. The number of hydrogen-bond donors (Lipinski definition) is 2. The van der Waals surface area contributed by atoms with Gasteiger partial charge in [0.25, 0.3) is 0 Å². The first-order valence-electron chi connectivity index (χ1n) is 12.4. The standard InChI is InChI=1S/C29H32N4O3/c1-5-6-11-26-31-25-16-24(32-28(34)18(2)3)19(4)30-27(25)33(26)17-20-12-14-21(15-13-20)22-9-7-8-10-23(22)29(35)36/h7-10,12-16,18H,5-6,11,17H2,1-4H3,(H,32,34)(H,35,36). The van der Waals surface area contributed by atoms with Crippen molar-refractivity contribution in [2.45, 2.75) is 53.5 Å². The minimum Gasteiger partial charge on any atom is -0.478 e. The molecule has 0 aliphatic rings. The van der Waals surface area contributed by atoms with Crippen molar-refractivity contribution in [2.24, 2.45) is 5.92 Å². The lowest BCUT2D eigenvalue weighted by molar-refractivity contribution is -0.118. The number of carboxylic acids is 1. The van der Waals surface area contributed by atoms with Crippen LogP contribution in [0.5, 0.6) is 0 Å². The number of unbranched alkanes of at least 4 members (excludes halogenated alkanes) is 1. The van der Waals surface area contributed by atoms with Crippen LogP contribution in [0.4, 0.5) is 5.69 Å². The van der Waals surface area contributed by atoms with E-state index in [1.165, 1.54) is 0 Å². The quantitative estimate of drug-likeness (QED) is 0.300. The van der Waals surface area contributed by atoms with Gasteiger partial charge in [-0.25, -0.2) is 14.8 Å². The van der Waals surface area contributed by atoms with E-state index >= 15 is 0 Å². The average molecular weight is 485 g/mol. The molecule has 0 aliphatic carbocycles. The minimum absolute atomic E-state index is 0.0468. The van der Waals surface area contributed by atoms with Gasteiger partial charge in [0, 0.05) is 12.3 Å². The van der Waals surface area contributed by atoms with E-state index < -0.39 is 5.97 Å². The molecule has 2 heterocycles. The number of imidazole rings is 1. The highest BCUT2D eigenvalue weighted by molar-refractivity contribution is 5.96. The number of aryl methyl sites for hydroxylation is 2. The maximum Gasteiger partial charge on any atom is 0.336 e. The Morgan fingerprint density at radius 3 is 2.44 bits per heavy atom. The third-order valence-electron chi connectivity index (χ3n) is 6.29. The number of fused-ring (bicyclic) bond motifs is 1. The number of benzene rings is 2. The molecule has 2 aromatic carbocycles. The van der Waals surface area contributed by atoms with Crippen molar-refractivity contribution in [2.75, 3.05) is 5.32 Å². The van der Waals surface area contributed by atoms with Crippen LogP contribution in [0.1, 0.15) is 61.1 Å². The lowest BCUT2D eigenvalue weighted by Gasteiger charge is -2.12. The molecule has 0 spiro atoms. The second-order valence-electron chi connectivity index (χ2n) is 9.37. The van der Waals surface area contributed by atoms with Crippen LogP contribution in [0.2, 0.25) is 0 Å². The largest absolute Gasteiger partial charge is 0.478 e. The van der Waals surface area contributed by atoms with Crippen molar-refractivity contribution in [1.29, 1.82) is 0 Å². The molecule has 0 bridgehead atoms. The van der Waals surface area contributed by atoms with Crippen LogP contribution in [0.25, 0.3) is 22.3 Å². The predicted molar refractivity (Wildman–Crippen MR) is 142 cm³/mol. The first-order valence-corrected chi connectivity index (χ1v) is 12.4. The molecule has 1 amide bonds. The van der Waals surface area contributed by atoms with Gasteiger partial charge >= 0.3 is 5.97 Å². The number of nitrogens with one attached hydrogen (secondary N) is 1. The summed E-state index contributed by atoms with van der Waals surface area (Å²) in [6, 6.07) is 16.9. The van der Waals surface area contributed by atoms with Gasteiger partial charge in [0.2, 0.25) is 5.91 Å². The van der Waals surface area contributed by atoms with Crippen LogP contribution < -0.4 is 5.32 Å². The Morgan fingerprint density at radius 2 is 1.78 bits per heavy atom. The highest BCUT2D eigenvalue weighted by Gasteiger charge is 2.17. The monoisotopic (exact) mass is 484 g/mol. The number of amides is 1. The highest BCUT2D eigenvalue weighted by atomic mass is 16.4. The second kappa shape index (κ2) is 10.7. The second-order valence-corrected chi connectivity index (χ2v) is 9.37. The van der Waals surface area contributed by atoms with E-state index in [0.717, 1.165) is 53.1 Å². The maximum atomic E-state index is 12.2. The van der Waals surface area contributed by atoms with Crippen LogP contribution in [0.15, 0.2) is 54.6 Å². The molecule has 0 atom stereocenters. The number of carboxylic acid groups (broad SMARTS) is 1. The summed E-state index contributed by atoms with van der Waals surface area (Å²) in [6.07, 6.45) is 2.91. The number of rotatable bonds is 9. The maximum absolute atomic E-state index is 12.2. The van der Waals surface area contributed by atoms with Crippen LogP contribution in [-0.4, -0.2) is 31.5 Å². The third kappa shape index (κ3) is 5.30. The molecule has 4 rings (SSSR count). The fraction of sp³-hybridized carbons (Fsp3) is 0.310. The van der Waals surface area contributed by atoms with E-state index in [1.807, 2.05) is 63.2 Å². The van der Waals surface area contributed by atoms with Gasteiger partial charge in [0.15, 0.2) is 5.65 Å². The SMILES string of the molecule is CCCCc1nc2cc(NC(=O)C(C)C)c(C)nc2n1Cc1ccc(-c2ccccc2C(=O)O)cc1. The van der Waals surface area contributed by atoms with Gasteiger partial charge in [0.1, 0.15) is 11.3 Å². The van der Waals surface area contributed by atoms with E-state index in [0.29, 0.717) is 17.8 Å². The number of pyridine rings is 1. The van der Waals surface area contributed by atoms with Gasteiger partial charge in [-0.3, -0.25) is 4.79 Å². The first-order chi connectivity index (χ1) is 17.3. The molecule has 0 saturated heterocycles. The fourth-order valence-electron chi connectivity index (χ4n) is 4.17. The number of carbonyl (C=O) groups excluding carboxylic acids is 1. The average Bonchev–Trinajstić information content (AvgIpc) is 3.19. The molecule has 7 heteroatoms. The summed E-state index contributed by atoms with van der Waals surface area (Å²) in [4.78, 5) is 33.6. The Bertz CT molecular complexity index is 1400. The Balaban J connectivity index is 1.68. The predicted octanol–water partition coefficient (Wildman–Crippen LogP) is 6.09. The first kappa shape index (κ1) is 25.1. The van der Waals surface area contributed by atoms with Crippen LogP contribution in [0, 0.1) is 12.8 Å². The number of aromatic carboxylic acids is 1. The Hall–Kier alpha value is -4.00. The molecule has 0 radical (unpaired) electrons. The van der Waals surface area contributed by atoms with Crippen molar-refractivity contribution in [3.8, 4) is 11.1 Å². The zero-order valence-electron chi connectivity index (χ0n) is 21.2. The minimum atomic E-state index is -0.939. The normalized spacial score (nSPS) is 11.2. The summed E-state index contributed by atoms with van der Waals surface area (Å²) in [5.74, 6) is -0.144. The number of carbonyl (C=O) groups is 2. The zero-order valence-corrected chi connectivity index (χ0v) is 21.2. The fourth-order valence-corrected chi connectivity index (χ4v) is 4.17. The van der Waals surface area contributed by atoms with Crippen LogP contribution in [-0.2, 0) is 17.8 Å². The van der Waals surface area contributed by atoms with Crippen molar-refractivity contribution in [3.63, 3.8) is 0 Å². The van der Waals surface area contributed by atoms with Gasteiger partial charge in [-0.15, -0.1) is 0 Å². The van der Waals surface area contributed by atoms with Crippen molar-refractivity contribution in [1.82, 2.24) is 14.5 Å². The molecule has 2 aromatic heterocycles. The summed E-state index contributed by atoms with van der Waals surface area (Å²) in [6.45, 7) is 8.37. The molecule has 2 N–H and O–H groups in total. The van der Waals surface area contributed by atoms with Crippen LogP contribution in [0.3, 0.4) is 0 Å². The molecule has 36 heavy (non-hydrogen) atoms. The number of aromatic nitrogens is 3. The summed E-state index contributed by atoms with van der Waals surface area (Å²) < 4.78 is 2.15. The Kier molecular flexibility index (Phi) is 7.48. The molecule has 0 fully saturated rings. The molecular formula is C29H32N4O3. The van der Waals surface area contributed by atoms with Crippen molar-refractivity contribution < 1.29 is 14.7 Å². The molecule has 0 saturated carbocycles. The van der Waals surface area contributed by atoms with E-state index in [2.05, 4.69) is 16.8 Å². The number of anilines is 1. The molecule has 7 nitrogen and oxygen atoms in total. The molecule has 0 unspecified atom stereocenters. The Labute approximate surface area is 211 Å². The van der Waals surface area contributed by atoms with E-state index in [4.69, 9.17) is 9.97 Å². The van der Waals surface area contributed by atoms with E-state index in [-0.39, 0.29) is 17.4 Å². The van der Waals surface area contributed by atoms with Gasteiger partial charge in [-0.05, 0) is 42.2 Å². The molecule has 186 valence electrons. The van der Waals surface area contributed by atoms with Crippen molar-refractivity contribution in [3.05, 3.63) is 77.2 Å². The van der Waals surface area contributed by atoms with E-state index in [1.54, 1.807) is 12.1 Å². The summed E-state index contributed by atoms with van der Waals surface area (Å²) in [7, 11) is 0.